The zero-order valence-corrected chi connectivity index (χ0v) is 14.1. The Balaban J connectivity index is 1.71. The Labute approximate surface area is 142 Å². The standard InChI is InChI=1S/C21H22N2O/c1-16(21(24)23(2)15-17-9-4-3-5-10-17)22-20-14-8-12-18-11-6-7-13-19(18)20/h3-14,16,22H,15H2,1-2H3/t16-/m0/s1. The molecule has 1 atom stereocenters. The minimum atomic E-state index is -0.287. The molecule has 3 nitrogen and oxygen atoms in total. The molecule has 3 rings (SSSR count). The largest absolute Gasteiger partial charge is 0.373 e. The molecule has 0 spiro atoms. The van der Waals surface area contributed by atoms with Gasteiger partial charge in [0.2, 0.25) is 5.91 Å². The molecular weight excluding hydrogens is 296 g/mol. The molecule has 24 heavy (non-hydrogen) atoms. The van der Waals surface area contributed by atoms with Gasteiger partial charge in [-0.3, -0.25) is 4.79 Å². The maximum absolute atomic E-state index is 12.7. The molecule has 0 fully saturated rings. The molecular formula is C21H22N2O. The Morgan fingerprint density at radius 3 is 2.42 bits per heavy atom. The van der Waals surface area contributed by atoms with Crippen molar-refractivity contribution < 1.29 is 4.79 Å². The van der Waals surface area contributed by atoms with Crippen LogP contribution < -0.4 is 5.32 Å². The first kappa shape index (κ1) is 16.1. The summed E-state index contributed by atoms with van der Waals surface area (Å²) in [5.74, 6) is 0.0757. The lowest BCUT2D eigenvalue weighted by Gasteiger charge is -2.23. The Morgan fingerprint density at radius 2 is 1.62 bits per heavy atom. The zero-order valence-electron chi connectivity index (χ0n) is 14.1. The number of nitrogens with one attached hydrogen (secondary N) is 1. The fourth-order valence-corrected chi connectivity index (χ4v) is 2.91. The number of carbonyl (C=O) groups excluding carboxylic acids is 1. The lowest BCUT2D eigenvalue weighted by molar-refractivity contribution is -0.130. The second kappa shape index (κ2) is 7.18. The monoisotopic (exact) mass is 318 g/mol. The number of hydrogen-bond donors (Lipinski definition) is 1. The minimum Gasteiger partial charge on any atom is -0.373 e. The summed E-state index contributed by atoms with van der Waals surface area (Å²) in [5.41, 5.74) is 2.12. The van der Waals surface area contributed by atoms with Crippen molar-refractivity contribution in [3.05, 3.63) is 78.4 Å². The molecule has 0 unspecified atom stereocenters. The van der Waals surface area contributed by atoms with E-state index in [4.69, 9.17) is 0 Å². The second-order valence-electron chi connectivity index (χ2n) is 6.07. The molecule has 0 radical (unpaired) electrons. The van der Waals surface area contributed by atoms with Crippen molar-refractivity contribution in [2.75, 3.05) is 12.4 Å². The third-order valence-corrected chi connectivity index (χ3v) is 4.17. The summed E-state index contributed by atoms with van der Waals surface area (Å²) in [5, 5.41) is 5.66. The summed E-state index contributed by atoms with van der Waals surface area (Å²) >= 11 is 0. The van der Waals surface area contributed by atoms with Crippen LogP contribution in [0.1, 0.15) is 12.5 Å². The molecule has 122 valence electrons. The molecule has 0 saturated carbocycles. The lowest BCUT2D eigenvalue weighted by atomic mass is 10.1. The Bertz CT molecular complexity index is 824. The molecule has 3 aromatic rings. The normalized spacial score (nSPS) is 11.9. The maximum atomic E-state index is 12.7. The van der Waals surface area contributed by atoms with E-state index in [0.717, 1.165) is 16.6 Å². The molecule has 0 heterocycles. The van der Waals surface area contributed by atoms with Crippen LogP contribution in [-0.4, -0.2) is 23.9 Å². The van der Waals surface area contributed by atoms with Gasteiger partial charge < -0.3 is 10.2 Å². The van der Waals surface area contributed by atoms with E-state index in [1.54, 1.807) is 4.90 Å². The van der Waals surface area contributed by atoms with Crippen molar-refractivity contribution in [2.24, 2.45) is 0 Å². The van der Waals surface area contributed by atoms with Gasteiger partial charge in [0.1, 0.15) is 6.04 Å². The fraction of sp³-hybridized carbons (Fsp3) is 0.190. The number of fused-ring (bicyclic) bond motifs is 1. The molecule has 0 saturated heterocycles. The van der Waals surface area contributed by atoms with Crippen molar-refractivity contribution in [3.63, 3.8) is 0 Å². The molecule has 0 aliphatic rings. The predicted octanol–water partition coefficient (Wildman–Crippen LogP) is 4.30. The van der Waals surface area contributed by atoms with Crippen LogP contribution in [0.5, 0.6) is 0 Å². The van der Waals surface area contributed by atoms with Gasteiger partial charge in [-0.05, 0) is 23.9 Å². The molecule has 0 aliphatic heterocycles. The number of rotatable bonds is 5. The summed E-state index contributed by atoms with van der Waals surface area (Å²) in [6.07, 6.45) is 0. The lowest BCUT2D eigenvalue weighted by Crippen LogP contribution is -2.38. The minimum absolute atomic E-state index is 0.0757. The van der Waals surface area contributed by atoms with Crippen LogP contribution in [0.2, 0.25) is 0 Å². The summed E-state index contributed by atoms with van der Waals surface area (Å²) in [4.78, 5) is 14.4. The molecule has 3 aromatic carbocycles. The van der Waals surface area contributed by atoms with Crippen LogP contribution in [0.25, 0.3) is 10.8 Å². The van der Waals surface area contributed by atoms with Gasteiger partial charge in [0.05, 0.1) is 0 Å². The van der Waals surface area contributed by atoms with Gasteiger partial charge in [-0.25, -0.2) is 0 Å². The van der Waals surface area contributed by atoms with Gasteiger partial charge in [-0.15, -0.1) is 0 Å². The first-order valence-electron chi connectivity index (χ1n) is 8.18. The molecule has 1 N–H and O–H groups in total. The topological polar surface area (TPSA) is 32.3 Å². The van der Waals surface area contributed by atoms with Gasteiger partial charge in [0.25, 0.3) is 0 Å². The van der Waals surface area contributed by atoms with Crippen LogP contribution in [0, 0.1) is 0 Å². The Hall–Kier alpha value is -2.81. The molecule has 0 aromatic heterocycles. The first-order chi connectivity index (χ1) is 11.6. The van der Waals surface area contributed by atoms with Gasteiger partial charge in [-0.1, -0.05) is 66.7 Å². The van der Waals surface area contributed by atoms with Crippen LogP contribution in [0.15, 0.2) is 72.8 Å². The van der Waals surface area contributed by atoms with Gasteiger partial charge in [-0.2, -0.15) is 0 Å². The average molecular weight is 318 g/mol. The molecule has 0 bridgehead atoms. The van der Waals surface area contributed by atoms with E-state index in [1.165, 1.54) is 5.39 Å². The van der Waals surface area contributed by atoms with Crippen LogP contribution in [0.3, 0.4) is 0 Å². The second-order valence-corrected chi connectivity index (χ2v) is 6.07. The van der Waals surface area contributed by atoms with E-state index < -0.39 is 0 Å². The van der Waals surface area contributed by atoms with E-state index in [-0.39, 0.29) is 11.9 Å². The number of nitrogens with zero attached hydrogens (tertiary/aromatic N) is 1. The van der Waals surface area contributed by atoms with Gasteiger partial charge in [0.15, 0.2) is 0 Å². The number of benzene rings is 3. The highest BCUT2D eigenvalue weighted by molar-refractivity contribution is 5.95. The van der Waals surface area contributed by atoms with Crippen LogP contribution >= 0.6 is 0 Å². The summed E-state index contributed by atoms with van der Waals surface area (Å²) in [6, 6.07) is 24.0. The number of likely N-dealkylation sites (N-methyl/N-ethyl adjacent to an activating group) is 1. The third kappa shape index (κ3) is 3.57. The molecule has 3 heteroatoms. The summed E-state index contributed by atoms with van der Waals surface area (Å²) in [6.45, 7) is 2.52. The SMILES string of the molecule is C[C@H](Nc1cccc2ccccc12)C(=O)N(C)Cc1ccccc1. The van der Waals surface area contributed by atoms with Crippen molar-refractivity contribution in [1.82, 2.24) is 4.90 Å². The smallest absolute Gasteiger partial charge is 0.244 e. The number of hydrogen-bond acceptors (Lipinski definition) is 2. The van der Waals surface area contributed by atoms with E-state index in [2.05, 4.69) is 23.5 Å². The van der Waals surface area contributed by atoms with E-state index >= 15 is 0 Å². The maximum Gasteiger partial charge on any atom is 0.244 e. The number of amides is 1. The highest BCUT2D eigenvalue weighted by atomic mass is 16.2. The van der Waals surface area contributed by atoms with Crippen LogP contribution in [-0.2, 0) is 11.3 Å². The predicted molar refractivity (Wildman–Crippen MR) is 99.9 cm³/mol. The highest BCUT2D eigenvalue weighted by Crippen LogP contribution is 2.23. The highest BCUT2D eigenvalue weighted by Gasteiger charge is 2.18. The van der Waals surface area contributed by atoms with Crippen molar-refractivity contribution >= 4 is 22.4 Å². The number of carbonyl (C=O) groups is 1. The zero-order chi connectivity index (χ0) is 16.9. The average Bonchev–Trinajstić information content (AvgIpc) is 2.62. The summed E-state index contributed by atoms with van der Waals surface area (Å²) in [7, 11) is 1.84. The van der Waals surface area contributed by atoms with Crippen molar-refractivity contribution in [3.8, 4) is 0 Å². The van der Waals surface area contributed by atoms with Crippen molar-refractivity contribution in [1.29, 1.82) is 0 Å². The van der Waals surface area contributed by atoms with Crippen LogP contribution in [0.4, 0.5) is 5.69 Å². The molecule has 1 amide bonds. The fourth-order valence-electron chi connectivity index (χ4n) is 2.91. The summed E-state index contributed by atoms with van der Waals surface area (Å²) < 4.78 is 0. The molecule has 0 aliphatic carbocycles. The Morgan fingerprint density at radius 1 is 0.958 bits per heavy atom. The van der Waals surface area contributed by atoms with Crippen molar-refractivity contribution in [2.45, 2.75) is 19.5 Å². The third-order valence-electron chi connectivity index (χ3n) is 4.17. The van der Waals surface area contributed by atoms with Gasteiger partial charge in [0, 0.05) is 24.7 Å². The Kier molecular flexibility index (Phi) is 4.80. The van der Waals surface area contributed by atoms with E-state index in [1.807, 2.05) is 68.6 Å². The number of anilines is 1. The first-order valence-corrected chi connectivity index (χ1v) is 8.18. The van der Waals surface area contributed by atoms with E-state index in [9.17, 15) is 4.79 Å². The van der Waals surface area contributed by atoms with E-state index in [0.29, 0.717) is 6.54 Å². The quantitative estimate of drug-likeness (QED) is 0.761. The van der Waals surface area contributed by atoms with Gasteiger partial charge >= 0.3 is 0 Å².